The van der Waals surface area contributed by atoms with E-state index in [2.05, 4.69) is 14.2 Å². The molecular weight excluding hydrogens is 194 g/mol. The highest BCUT2D eigenvalue weighted by Gasteiger charge is 2.14. The quantitative estimate of drug-likeness (QED) is 0.297. The van der Waals surface area contributed by atoms with Gasteiger partial charge < -0.3 is 0 Å². The van der Waals surface area contributed by atoms with Crippen LogP contribution < -0.4 is 0 Å². The Morgan fingerprint density at radius 2 is 2.08 bits per heavy atom. The third kappa shape index (κ3) is 7.58. The highest BCUT2D eigenvalue weighted by Crippen LogP contribution is 2.11. The molecule has 0 N–H and O–H groups in total. The molecular formula is C6H13N3O3S. The second-order valence-electron chi connectivity index (χ2n) is 3.09. The van der Waals surface area contributed by atoms with Gasteiger partial charge in [-0.05, 0) is 17.9 Å². The number of rotatable bonds is 5. The van der Waals surface area contributed by atoms with Crippen molar-refractivity contribution in [2.45, 2.75) is 26.5 Å². The number of nitrogens with zero attached hydrogens (tertiary/aromatic N) is 3. The predicted octanol–water partition coefficient (Wildman–Crippen LogP) is 1.65. The molecule has 0 rings (SSSR count). The second-order valence-corrected chi connectivity index (χ2v) is 4.69. The summed E-state index contributed by atoms with van der Waals surface area (Å²) < 4.78 is 25.9. The van der Waals surface area contributed by atoms with Crippen LogP contribution in [0, 0.1) is 5.92 Å². The van der Waals surface area contributed by atoms with Crippen LogP contribution in [0.3, 0.4) is 0 Å². The van der Waals surface area contributed by atoms with Gasteiger partial charge in [0.25, 0.3) is 10.1 Å². The summed E-state index contributed by atoms with van der Waals surface area (Å²) in [4.78, 5) is 2.51. The molecule has 0 fully saturated rings. The Morgan fingerprint density at radius 1 is 1.54 bits per heavy atom. The van der Waals surface area contributed by atoms with Crippen molar-refractivity contribution in [3.63, 3.8) is 0 Å². The van der Waals surface area contributed by atoms with Gasteiger partial charge in [-0.3, -0.25) is 4.18 Å². The van der Waals surface area contributed by atoms with E-state index in [9.17, 15) is 8.42 Å². The third-order valence-electron chi connectivity index (χ3n) is 1.14. The molecule has 1 atom stereocenters. The molecule has 0 aromatic heterocycles. The van der Waals surface area contributed by atoms with Crippen molar-refractivity contribution in [3.8, 4) is 0 Å². The zero-order valence-electron chi connectivity index (χ0n) is 7.84. The van der Waals surface area contributed by atoms with Crippen LogP contribution >= 0.6 is 0 Å². The fourth-order valence-corrected chi connectivity index (χ4v) is 1.29. The summed E-state index contributed by atoms with van der Waals surface area (Å²) in [7, 11) is -3.56. The highest BCUT2D eigenvalue weighted by atomic mass is 32.2. The van der Waals surface area contributed by atoms with Gasteiger partial charge in [0.15, 0.2) is 6.23 Å². The average molecular weight is 207 g/mol. The van der Waals surface area contributed by atoms with Gasteiger partial charge in [0.05, 0.1) is 6.26 Å². The minimum Gasteiger partial charge on any atom is -0.261 e. The van der Waals surface area contributed by atoms with Crippen LogP contribution in [0.25, 0.3) is 10.4 Å². The van der Waals surface area contributed by atoms with Gasteiger partial charge >= 0.3 is 0 Å². The molecule has 0 aromatic rings. The lowest BCUT2D eigenvalue weighted by Crippen LogP contribution is -2.16. The van der Waals surface area contributed by atoms with Gasteiger partial charge in [-0.2, -0.15) is 8.42 Å². The van der Waals surface area contributed by atoms with Crippen molar-refractivity contribution in [1.82, 2.24) is 0 Å². The van der Waals surface area contributed by atoms with E-state index in [1.165, 1.54) is 0 Å². The molecule has 0 bridgehead atoms. The van der Waals surface area contributed by atoms with Crippen molar-refractivity contribution in [2.24, 2.45) is 11.0 Å². The Morgan fingerprint density at radius 3 is 2.38 bits per heavy atom. The van der Waals surface area contributed by atoms with Gasteiger partial charge in [0.1, 0.15) is 0 Å². The van der Waals surface area contributed by atoms with Gasteiger partial charge in [0.2, 0.25) is 0 Å². The summed E-state index contributed by atoms with van der Waals surface area (Å²) in [5.41, 5.74) is 8.13. The summed E-state index contributed by atoms with van der Waals surface area (Å²) in [5.74, 6) is 0.206. The summed E-state index contributed by atoms with van der Waals surface area (Å²) >= 11 is 0. The first kappa shape index (κ1) is 12.2. The van der Waals surface area contributed by atoms with Gasteiger partial charge in [-0.1, -0.05) is 19.0 Å². The van der Waals surface area contributed by atoms with Crippen molar-refractivity contribution in [3.05, 3.63) is 10.4 Å². The summed E-state index contributed by atoms with van der Waals surface area (Å²) in [6.07, 6.45) is 0.379. The number of hydrogen-bond donors (Lipinski definition) is 0. The van der Waals surface area contributed by atoms with Gasteiger partial charge in [0, 0.05) is 4.91 Å². The maximum atomic E-state index is 10.7. The van der Waals surface area contributed by atoms with Crippen LogP contribution in [0.5, 0.6) is 0 Å². The number of azide groups is 1. The largest absolute Gasteiger partial charge is 0.264 e. The summed E-state index contributed by atoms with van der Waals surface area (Å²) in [6, 6.07) is 0. The van der Waals surface area contributed by atoms with E-state index in [1.807, 2.05) is 13.8 Å². The van der Waals surface area contributed by atoms with E-state index in [4.69, 9.17) is 5.53 Å². The molecule has 6 nitrogen and oxygen atoms in total. The topological polar surface area (TPSA) is 92.1 Å². The second kappa shape index (κ2) is 5.06. The van der Waals surface area contributed by atoms with Gasteiger partial charge in [-0.15, -0.1) is 0 Å². The molecule has 0 heterocycles. The molecule has 13 heavy (non-hydrogen) atoms. The SMILES string of the molecule is CC(C)CC(N=[N+]=[N-])OS(C)(=O)=O. The zero-order chi connectivity index (χ0) is 10.5. The molecule has 0 aliphatic carbocycles. The molecule has 0 spiro atoms. The van der Waals surface area contributed by atoms with Crippen LogP contribution in [-0.2, 0) is 14.3 Å². The van der Waals surface area contributed by atoms with Crippen molar-refractivity contribution >= 4 is 10.1 Å². The van der Waals surface area contributed by atoms with Gasteiger partial charge in [-0.25, -0.2) is 0 Å². The molecule has 0 radical (unpaired) electrons. The summed E-state index contributed by atoms with van der Waals surface area (Å²) in [5, 5.41) is 3.23. The van der Waals surface area contributed by atoms with Crippen LogP contribution in [-0.4, -0.2) is 20.9 Å². The highest BCUT2D eigenvalue weighted by molar-refractivity contribution is 7.86. The monoisotopic (exact) mass is 207 g/mol. The van der Waals surface area contributed by atoms with Crippen LogP contribution in [0.15, 0.2) is 5.11 Å². The van der Waals surface area contributed by atoms with Crippen molar-refractivity contribution in [2.75, 3.05) is 6.26 Å². The van der Waals surface area contributed by atoms with Crippen molar-refractivity contribution < 1.29 is 12.6 Å². The van der Waals surface area contributed by atoms with Crippen LogP contribution in [0.4, 0.5) is 0 Å². The molecule has 76 valence electrons. The van der Waals surface area contributed by atoms with E-state index >= 15 is 0 Å². The molecule has 1 unspecified atom stereocenters. The lowest BCUT2D eigenvalue weighted by atomic mass is 10.1. The molecule has 0 saturated carbocycles. The van der Waals surface area contributed by atoms with E-state index in [0.717, 1.165) is 6.26 Å². The maximum absolute atomic E-state index is 10.7. The predicted molar refractivity (Wildman–Crippen MR) is 48.3 cm³/mol. The molecule has 0 aromatic carbocycles. The minimum absolute atomic E-state index is 0.206. The fraction of sp³-hybridized carbons (Fsp3) is 1.00. The fourth-order valence-electron chi connectivity index (χ4n) is 0.768. The Hall–Kier alpha value is -0.780. The molecule has 7 heteroatoms. The zero-order valence-corrected chi connectivity index (χ0v) is 8.65. The minimum atomic E-state index is -3.56. The summed E-state index contributed by atoms with van der Waals surface area (Å²) in [6.45, 7) is 3.76. The van der Waals surface area contributed by atoms with Crippen LogP contribution in [0.1, 0.15) is 20.3 Å². The van der Waals surface area contributed by atoms with E-state index in [-0.39, 0.29) is 5.92 Å². The standard InChI is InChI=1S/C6H13N3O3S/c1-5(2)4-6(8-9-7)12-13(3,10)11/h5-6H,4H2,1-3H3. The molecule has 0 saturated heterocycles. The Labute approximate surface area is 77.6 Å². The van der Waals surface area contributed by atoms with E-state index < -0.39 is 16.3 Å². The first-order valence-corrected chi connectivity index (χ1v) is 5.59. The Balaban J connectivity index is 4.35. The van der Waals surface area contributed by atoms with E-state index in [0.29, 0.717) is 6.42 Å². The normalized spacial score (nSPS) is 13.8. The smallest absolute Gasteiger partial charge is 0.261 e. The Kier molecular flexibility index (Phi) is 4.76. The third-order valence-corrected chi connectivity index (χ3v) is 1.71. The Bertz CT molecular complexity index is 292. The first-order chi connectivity index (χ1) is 5.85. The lowest BCUT2D eigenvalue weighted by Gasteiger charge is -2.12. The molecule has 0 amide bonds. The molecule has 0 aliphatic rings. The molecule has 0 aliphatic heterocycles. The maximum Gasteiger partial charge on any atom is 0.264 e. The first-order valence-electron chi connectivity index (χ1n) is 3.77. The van der Waals surface area contributed by atoms with Crippen molar-refractivity contribution in [1.29, 1.82) is 0 Å². The van der Waals surface area contributed by atoms with Crippen LogP contribution in [0.2, 0.25) is 0 Å². The average Bonchev–Trinajstić information content (AvgIpc) is 1.81. The lowest BCUT2D eigenvalue weighted by molar-refractivity contribution is 0.191. The number of hydrogen-bond acceptors (Lipinski definition) is 4. The van der Waals surface area contributed by atoms with E-state index in [1.54, 1.807) is 0 Å².